The third-order valence-corrected chi connectivity index (χ3v) is 5.98. The summed E-state index contributed by atoms with van der Waals surface area (Å²) < 4.78 is 6.98. The van der Waals surface area contributed by atoms with Crippen LogP contribution in [-0.2, 0) is 11.8 Å². The van der Waals surface area contributed by atoms with Gasteiger partial charge in [-0.1, -0.05) is 0 Å². The minimum atomic E-state index is -0.141. The summed E-state index contributed by atoms with van der Waals surface area (Å²) in [4.78, 5) is 18.6. The summed E-state index contributed by atoms with van der Waals surface area (Å²) in [5.41, 5.74) is 2.98. The second-order valence-electron chi connectivity index (χ2n) is 6.96. The van der Waals surface area contributed by atoms with Gasteiger partial charge >= 0.3 is 0 Å². The molecule has 3 heterocycles. The highest BCUT2D eigenvalue weighted by Crippen LogP contribution is 2.33. The van der Waals surface area contributed by atoms with Crippen molar-refractivity contribution in [2.24, 2.45) is 13.0 Å². The Morgan fingerprint density at radius 3 is 2.72 bits per heavy atom. The van der Waals surface area contributed by atoms with E-state index in [0.29, 0.717) is 11.7 Å². The maximum absolute atomic E-state index is 12.9. The van der Waals surface area contributed by atoms with Gasteiger partial charge in [-0.2, -0.15) is 5.10 Å². The van der Waals surface area contributed by atoms with Crippen LogP contribution in [0, 0.1) is 12.8 Å². The van der Waals surface area contributed by atoms with E-state index in [4.69, 9.17) is 4.74 Å². The summed E-state index contributed by atoms with van der Waals surface area (Å²) in [5.74, 6) is 0.780. The lowest BCUT2D eigenvalue weighted by Crippen LogP contribution is -2.28. The standard InChI is InChI=1S/C20H23N5O2S.ClH/c1-12-18(13-4-6-15(27-3)7-5-13)23-20(28-12)24-19(26)17-10-21-9-16(17)14-8-22-25(2)11-14;/h4-8,11,16-17,21H,9-10H2,1-3H3,(H,23,24,26);1H/t16-,17+;/m1./s1. The number of thiazole rings is 1. The van der Waals surface area contributed by atoms with Crippen LogP contribution in [0.5, 0.6) is 5.75 Å². The largest absolute Gasteiger partial charge is 0.497 e. The molecular formula is C20H24ClN5O2S. The molecule has 7 nitrogen and oxygen atoms in total. The smallest absolute Gasteiger partial charge is 0.231 e. The molecule has 2 aromatic heterocycles. The highest BCUT2D eigenvalue weighted by molar-refractivity contribution is 7.16. The van der Waals surface area contributed by atoms with Crippen molar-refractivity contribution in [2.75, 3.05) is 25.5 Å². The molecule has 1 saturated heterocycles. The Morgan fingerprint density at radius 1 is 1.31 bits per heavy atom. The molecular weight excluding hydrogens is 410 g/mol. The molecule has 0 bridgehead atoms. The van der Waals surface area contributed by atoms with Gasteiger partial charge in [0, 0.05) is 42.7 Å². The van der Waals surface area contributed by atoms with Gasteiger partial charge in [-0.3, -0.25) is 9.48 Å². The fraction of sp³-hybridized carbons (Fsp3) is 0.350. The number of carbonyl (C=O) groups excluding carboxylic acids is 1. The molecule has 1 fully saturated rings. The number of benzene rings is 1. The number of rotatable bonds is 5. The Morgan fingerprint density at radius 2 is 2.07 bits per heavy atom. The molecule has 0 saturated carbocycles. The lowest BCUT2D eigenvalue weighted by molar-refractivity contribution is -0.119. The first-order valence-electron chi connectivity index (χ1n) is 9.17. The fourth-order valence-corrected chi connectivity index (χ4v) is 4.44. The Balaban J connectivity index is 0.00000240. The van der Waals surface area contributed by atoms with Crippen LogP contribution >= 0.6 is 23.7 Å². The van der Waals surface area contributed by atoms with Crippen LogP contribution < -0.4 is 15.4 Å². The summed E-state index contributed by atoms with van der Waals surface area (Å²) in [7, 11) is 3.54. The van der Waals surface area contributed by atoms with Crippen LogP contribution in [0.25, 0.3) is 11.3 Å². The van der Waals surface area contributed by atoms with E-state index in [-0.39, 0.29) is 30.2 Å². The monoisotopic (exact) mass is 433 g/mol. The lowest BCUT2D eigenvalue weighted by atomic mass is 9.90. The lowest BCUT2D eigenvalue weighted by Gasteiger charge is -2.15. The molecule has 1 aliphatic heterocycles. The van der Waals surface area contributed by atoms with Crippen molar-refractivity contribution in [1.29, 1.82) is 0 Å². The molecule has 9 heteroatoms. The average molecular weight is 434 g/mol. The molecule has 0 radical (unpaired) electrons. The van der Waals surface area contributed by atoms with Gasteiger partial charge in [0.05, 0.1) is 24.9 Å². The van der Waals surface area contributed by atoms with Crippen LogP contribution in [0.2, 0.25) is 0 Å². The fourth-order valence-electron chi connectivity index (χ4n) is 3.60. The number of halogens is 1. The van der Waals surface area contributed by atoms with Gasteiger partial charge in [-0.05, 0) is 36.8 Å². The van der Waals surface area contributed by atoms with E-state index < -0.39 is 0 Å². The zero-order valence-corrected chi connectivity index (χ0v) is 18.1. The van der Waals surface area contributed by atoms with E-state index in [9.17, 15) is 4.79 Å². The molecule has 1 aromatic carbocycles. The number of anilines is 1. The van der Waals surface area contributed by atoms with Crippen LogP contribution in [-0.4, -0.2) is 40.9 Å². The summed E-state index contributed by atoms with van der Waals surface area (Å²) in [6, 6.07) is 7.78. The van der Waals surface area contributed by atoms with Crippen LogP contribution in [0.3, 0.4) is 0 Å². The van der Waals surface area contributed by atoms with Crippen molar-refractivity contribution in [1.82, 2.24) is 20.1 Å². The topological polar surface area (TPSA) is 81.1 Å². The van der Waals surface area contributed by atoms with Gasteiger partial charge in [-0.15, -0.1) is 23.7 Å². The number of amides is 1. The Kier molecular flexibility index (Phi) is 6.56. The van der Waals surface area contributed by atoms with Gasteiger partial charge in [0.25, 0.3) is 0 Å². The third-order valence-electron chi connectivity index (χ3n) is 5.09. The molecule has 0 aliphatic carbocycles. The Labute approximate surface area is 179 Å². The van der Waals surface area contributed by atoms with E-state index in [1.54, 1.807) is 11.8 Å². The molecule has 0 spiro atoms. The number of carbonyl (C=O) groups is 1. The second-order valence-corrected chi connectivity index (χ2v) is 8.16. The van der Waals surface area contributed by atoms with Crippen molar-refractivity contribution in [3.63, 3.8) is 0 Å². The molecule has 154 valence electrons. The van der Waals surface area contributed by atoms with Gasteiger partial charge < -0.3 is 15.4 Å². The predicted octanol–water partition coefficient (Wildman–Crippen LogP) is 3.22. The highest BCUT2D eigenvalue weighted by atomic mass is 35.5. The zero-order chi connectivity index (χ0) is 19.7. The van der Waals surface area contributed by atoms with Crippen molar-refractivity contribution >= 4 is 34.8 Å². The predicted molar refractivity (Wildman–Crippen MR) is 117 cm³/mol. The first kappa shape index (κ1) is 21.3. The maximum atomic E-state index is 12.9. The van der Waals surface area contributed by atoms with Crippen LogP contribution in [0.15, 0.2) is 36.7 Å². The van der Waals surface area contributed by atoms with Crippen molar-refractivity contribution in [3.8, 4) is 17.0 Å². The molecule has 4 rings (SSSR count). The minimum Gasteiger partial charge on any atom is -0.497 e. The second kappa shape index (κ2) is 8.94. The van der Waals surface area contributed by atoms with Crippen molar-refractivity contribution in [3.05, 3.63) is 47.1 Å². The maximum Gasteiger partial charge on any atom is 0.231 e. The van der Waals surface area contributed by atoms with E-state index in [1.807, 2.05) is 50.6 Å². The number of nitrogens with zero attached hydrogens (tertiary/aromatic N) is 3. The SMILES string of the molecule is COc1ccc(-c2nc(NC(=O)[C@H]3CNC[C@@H]3c3cnn(C)c3)sc2C)cc1.Cl. The van der Waals surface area contributed by atoms with E-state index >= 15 is 0 Å². The molecule has 29 heavy (non-hydrogen) atoms. The first-order valence-corrected chi connectivity index (χ1v) is 9.99. The first-order chi connectivity index (χ1) is 13.5. The molecule has 2 N–H and O–H groups in total. The average Bonchev–Trinajstić information content (AvgIpc) is 3.41. The minimum absolute atomic E-state index is 0. The van der Waals surface area contributed by atoms with E-state index in [1.165, 1.54) is 11.3 Å². The summed E-state index contributed by atoms with van der Waals surface area (Å²) in [5, 5.41) is 11.2. The van der Waals surface area contributed by atoms with Gasteiger partial charge in [0.15, 0.2) is 5.13 Å². The number of nitrogens with one attached hydrogen (secondary N) is 2. The van der Waals surface area contributed by atoms with Gasteiger partial charge in [-0.25, -0.2) is 4.98 Å². The van der Waals surface area contributed by atoms with E-state index in [0.717, 1.165) is 34.0 Å². The van der Waals surface area contributed by atoms with Gasteiger partial charge in [0.1, 0.15) is 5.75 Å². The quantitative estimate of drug-likeness (QED) is 0.645. The van der Waals surface area contributed by atoms with Crippen LogP contribution in [0.4, 0.5) is 5.13 Å². The van der Waals surface area contributed by atoms with Gasteiger partial charge in [0.2, 0.25) is 5.91 Å². The molecule has 3 aromatic rings. The van der Waals surface area contributed by atoms with E-state index in [2.05, 4.69) is 20.7 Å². The number of hydrogen-bond acceptors (Lipinski definition) is 6. The summed E-state index contributed by atoms with van der Waals surface area (Å²) in [6.45, 7) is 3.45. The van der Waals surface area contributed by atoms with Crippen molar-refractivity contribution in [2.45, 2.75) is 12.8 Å². The molecule has 2 atom stereocenters. The normalized spacial score (nSPS) is 18.3. The number of methoxy groups -OCH3 is 1. The number of ether oxygens (including phenoxy) is 1. The van der Waals surface area contributed by atoms with Crippen LogP contribution in [0.1, 0.15) is 16.4 Å². The molecule has 1 aliphatic rings. The van der Waals surface area contributed by atoms with Crippen molar-refractivity contribution < 1.29 is 9.53 Å². The summed E-state index contributed by atoms with van der Waals surface area (Å²) >= 11 is 1.50. The third kappa shape index (κ3) is 4.44. The highest BCUT2D eigenvalue weighted by Gasteiger charge is 2.35. The Bertz CT molecular complexity index is 985. The number of aryl methyl sites for hydroxylation is 2. The molecule has 1 amide bonds. The summed E-state index contributed by atoms with van der Waals surface area (Å²) in [6.07, 6.45) is 3.82. The number of aromatic nitrogens is 3. The molecule has 0 unspecified atom stereocenters. The Hall–Kier alpha value is -2.42. The number of hydrogen-bond donors (Lipinski definition) is 2. The zero-order valence-electron chi connectivity index (χ0n) is 16.5.